The summed E-state index contributed by atoms with van der Waals surface area (Å²) < 4.78 is 5.73. The summed E-state index contributed by atoms with van der Waals surface area (Å²) >= 11 is 3.34. The average Bonchev–Trinajstić information content (AvgIpc) is 2.85. The number of methoxy groups -OCH3 is 1. The van der Waals surface area contributed by atoms with E-state index in [1.807, 2.05) is 0 Å². The number of ether oxygens (including phenoxy) is 1. The predicted octanol–water partition coefficient (Wildman–Crippen LogP) is 3.00. The molecule has 1 aliphatic heterocycles. The van der Waals surface area contributed by atoms with Crippen LogP contribution in [0.3, 0.4) is 0 Å². The van der Waals surface area contributed by atoms with E-state index in [2.05, 4.69) is 15.9 Å². The molecule has 0 N–H and O–H groups in total. The number of halogens is 1. The van der Waals surface area contributed by atoms with Crippen molar-refractivity contribution < 1.29 is 19.1 Å². The molecule has 5 nitrogen and oxygen atoms in total. The van der Waals surface area contributed by atoms with Gasteiger partial charge >= 0.3 is 5.97 Å². The molecule has 3 rings (SSSR count). The van der Waals surface area contributed by atoms with Gasteiger partial charge in [-0.25, -0.2) is 0 Å². The molecule has 24 heavy (non-hydrogen) atoms. The van der Waals surface area contributed by atoms with Crippen LogP contribution in [-0.4, -0.2) is 36.3 Å². The highest BCUT2D eigenvalue weighted by Crippen LogP contribution is 2.27. The molecule has 0 radical (unpaired) electrons. The highest BCUT2D eigenvalue weighted by Gasteiger charge is 2.38. The topological polar surface area (TPSA) is 63.7 Å². The number of carbonyl (C=O) groups excluding carboxylic acids is 3. The van der Waals surface area contributed by atoms with Crippen LogP contribution in [0.15, 0.2) is 53.0 Å². The number of imide groups is 1. The van der Waals surface area contributed by atoms with Gasteiger partial charge in [-0.15, -0.1) is 0 Å². The molecule has 0 aliphatic carbocycles. The normalized spacial score (nSPS) is 14.5. The first-order chi connectivity index (χ1) is 11.5. The largest absolute Gasteiger partial charge is 0.468 e. The molecule has 2 amide bonds. The van der Waals surface area contributed by atoms with Crippen molar-refractivity contribution in [3.05, 3.63) is 69.7 Å². The van der Waals surface area contributed by atoms with Crippen molar-refractivity contribution in [1.82, 2.24) is 4.90 Å². The minimum Gasteiger partial charge on any atom is -0.468 e. The number of fused-ring (bicyclic) bond motifs is 1. The minimum atomic E-state index is -0.731. The highest BCUT2D eigenvalue weighted by molar-refractivity contribution is 9.10. The summed E-state index contributed by atoms with van der Waals surface area (Å²) in [4.78, 5) is 38.3. The molecule has 6 heteroatoms. The first kappa shape index (κ1) is 16.4. The van der Waals surface area contributed by atoms with Crippen LogP contribution in [-0.2, 0) is 9.53 Å². The molecule has 1 heterocycles. The molecule has 0 saturated heterocycles. The van der Waals surface area contributed by atoms with E-state index in [0.717, 1.165) is 9.37 Å². The summed E-state index contributed by atoms with van der Waals surface area (Å²) in [6, 6.07) is 13.8. The van der Waals surface area contributed by atoms with Crippen molar-refractivity contribution in [2.45, 2.75) is 5.92 Å². The molecule has 2 aromatic carbocycles. The van der Waals surface area contributed by atoms with Gasteiger partial charge in [0.15, 0.2) is 0 Å². The van der Waals surface area contributed by atoms with Crippen LogP contribution in [0.25, 0.3) is 0 Å². The lowest BCUT2D eigenvalue weighted by atomic mass is 9.98. The first-order valence-electron chi connectivity index (χ1n) is 7.31. The second-order valence-corrected chi connectivity index (χ2v) is 6.31. The lowest BCUT2D eigenvalue weighted by Crippen LogP contribution is -2.36. The van der Waals surface area contributed by atoms with Crippen LogP contribution in [0.4, 0.5) is 0 Å². The summed E-state index contributed by atoms with van der Waals surface area (Å²) in [6.07, 6.45) is 0. The quantitative estimate of drug-likeness (QED) is 0.597. The van der Waals surface area contributed by atoms with E-state index >= 15 is 0 Å². The van der Waals surface area contributed by atoms with Gasteiger partial charge < -0.3 is 4.74 Å². The standard InChI is InChI=1S/C18H14BrNO4/c1-24-18(23)15(11-6-8-12(19)9-7-11)10-20-16(21)13-4-2-3-5-14(13)17(20)22/h2-9,15H,10H2,1H3. The van der Waals surface area contributed by atoms with Gasteiger partial charge in [0.25, 0.3) is 11.8 Å². The first-order valence-corrected chi connectivity index (χ1v) is 8.10. The number of esters is 1. The molecule has 2 aromatic rings. The van der Waals surface area contributed by atoms with Gasteiger partial charge in [-0.1, -0.05) is 40.2 Å². The monoisotopic (exact) mass is 387 g/mol. The predicted molar refractivity (Wildman–Crippen MR) is 90.7 cm³/mol. The van der Waals surface area contributed by atoms with Crippen molar-refractivity contribution in [2.75, 3.05) is 13.7 Å². The number of amides is 2. The van der Waals surface area contributed by atoms with E-state index in [0.29, 0.717) is 16.7 Å². The van der Waals surface area contributed by atoms with Crippen molar-refractivity contribution in [2.24, 2.45) is 0 Å². The Morgan fingerprint density at radius 3 is 2.08 bits per heavy atom. The van der Waals surface area contributed by atoms with Gasteiger partial charge in [-0.2, -0.15) is 0 Å². The summed E-state index contributed by atoms with van der Waals surface area (Å²) in [6.45, 7) is -0.0549. The average molecular weight is 388 g/mol. The van der Waals surface area contributed by atoms with Gasteiger partial charge in [0.05, 0.1) is 24.2 Å². The maximum absolute atomic E-state index is 12.5. The summed E-state index contributed by atoms with van der Waals surface area (Å²) in [5.74, 6) is -2.00. The van der Waals surface area contributed by atoms with Crippen molar-refractivity contribution in [1.29, 1.82) is 0 Å². The summed E-state index contributed by atoms with van der Waals surface area (Å²) in [5, 5.41) is 0. The van der Waals surface area contributed by atoms with Crippen LogP contribution >= 0.6 is 15.9 Å². The molecule has 0 fully saturated rings. The van der Waals surface area contributed by atoms with E-state index in [-0.39, 0.29) is 18.4 Å². The van der Waals surface area contributed by atoms with Crippen LogP contribution in [0.5, 0.6) is 0 Å². The molecule has 0 bridgehead atoms. The fourth-order valence-electron chi connectivity index (χ4n) is 2.74. The van der Waals surface area contributed by atoms with E-state index < -0.39 is 11.9 Å². The Labute approximate surface area is 147 Å². The molecule has 122 valence electrons. The van der Waals surface area contributed by atoms with Gasteiger partial charge in [-0.3, -0.25) is 19.3 Å². The third kappa shape index (κ3) is 2.85. The molecule has 0 saturated carbocycles. The van der Waals surface area contributed by atoms with Crippen LogP contribution in [0.2, 0.25) is 0 Å². The Morgan fingerprint density at radius 1 is 1.04 bits per heavy atom. The van der Waals surface area contributed by atoms with E-state index in [4.69, 9.17) is 4.74 Å². The fourth-order valence-corrected chi connectivity index (χ4v) is 3.01. The third-order valence-corrected chi connectivity index (χ3v) is 4.53. The third-order valence-electron chi connectivity index (χ3n) is 4.00. The second kappa shape index (κ2) is 6.57. The molecular weight excluding hydrogens is 374 g/mol. The maximum Gasteiger partial charge on any atom is 0.314 e. The zero-order valence-electron chi connectivity index (χ0n) is 12.9. The Balaban J connectivity index is 1.92. The maximum atomic E-state index is 12.5. The van der Waals surface area contributed by atoms with Crippen molar-refractivity contribution in [3.63, 3.8) is 0 Å². The zero-order valence-corrected chi connectivity index (χ0v) is 14.4. The number of benzene rings is 2. The van der Waals surface area contributed by atoms with Crippen molar-refractivity contribution >= 4 is 33.7 Å². The number of rotatable bonds is 4. The Morgan fingerprint density at radius 2 is 1.58 bits per heavy atom. The number of carbonyl (C=O) groups is 3. The zero-order chi connectivity index (χ0) is 17.3. The molecule has 1 atom stereocenters. The SMILES string of the molecule is COC(=O)C(CN1C(=O)c2ccccc2C1=O)c1ccc(Br)cc1. The van der Waals surface area contributed by atoms with E-state index in [1.54, 1.807) is 48.5 Å². The molecule has 0 spiro atoms. The Bertz CT molecular complexity index is 781. The van der Waals surface area contributed by atoms with E-state index in [9.17, 15) is 14.4 Å². The van der Waals surface area contributed by atoms with Gasteiger partial charge in [0.1, 0.15) is 0 Å². The molecular formula is C18H14BrNO4. The van der Waals surface area contributed by atoms with Crippen LogP contribution in [0, 0.1) is 0 Å². The van der Waals surface area contributed by atoms with Gasteiger partial charge in [-0.05, 0) is 29.8 Å². The van der Waals surface area contributed by atoms with E-state index in [1.165, 1.54) is 7.11 Å². The van der Waals surface area contributed by atoms with Crippen LogP contribution in [0.1, 0.15) is 32.2 Å². The number of hydrogen-bond donors (Lipinski definition) is 0. The second-order valence-electron chi connectivity index (χ2n) is 5.39. The number of hydrogen-bond acceptors (Lipinski definition) is 4. The summed E-state index contributed by atoms with van der Waals surface area (Å²) in [5.41, 5.74) is 1.41. The molecule has 1 aliphatic rings. The smallest absolute Gasteiger partial charge is 0.314 e. The Kier molecular flexibility index (Phi) is 4.49. The number of nitrogens with zero attached hydrogens (tertiary/aromatic N) is 1. The molecule has 0 aromatic heterocycles. The van der Waals surface area contributed by atoms with Gasteiger partial charge in [0, 0.05) is 11.0 Å². The lowest BCUT2D eigenvalue weighted by Gasteiger charge is -2.21. The van der Waals surface area contributed by atoms with Crippen molar-refractivity contribution in [3.8, 4) is 0 Å². The minimum absolute atomic E-state index is 0.0549. The molecule has 1 unspecified atom stereocenters. The van der Waals surface area contributed by atoms with Crippen LogP contribution < -0.4 is 0 Å². The Hall–Kier alpha value is -2.47. The van der Waals surface area contributed by atoms with Gasteiger partial charge in [0.2, 0.25) is 0 Å². The highest BCUT2D eigenvalue weighted by atomic mass is 79.9. The lowest BCUT2D eigenvalue weighted by molar-refractivity contribution is -0.142. The fraction of sp³-hybridized carbons (Fsp3) is 0.167. The summed E-state index contributed by atoms with van der Waals surface area (Å²) in [7, 11) is 1.29.